The molecule has 0 aliphatic carbocycles. The van der Waals surface area contributed by atoms with Crippen LogP contribution in [0.4, 0.5) is 0 Å². The highest BCUT2D eigenvalue weighted by Crippen LogP contribution is 2.40. The molecular weight excluding hydrogens is 1080 g/mol. The van der Waals surface area contributed by atoms with E-state index in [1.54, 1.807) is 62.8 Å². The summed E-state index contributed by atoms with van der Waals surface area (Å²) in [5.41, 5.74) is 5.83. The molecule has 0 unspecified atom stereocenters. The Kier molecular flexibility index (Phi) is 20.1. The Morgan fingerprint density at radius 2 is 0.706 bits per heavy atom. The zero-order valence-electron chi connectivity index (χ0n) is 47.5. The van der Waals surface area contributed by atoms with Crippen molar-refractivity contribution < 1.29 is 66.4 Å². The Balaban J connectivity index is 1.04. The summed E-state index contributed by atoms with van der Waals surface area (Å²) in [6.07, 6.45) is -9.72. The summed E-state index contributed by atoms with van der Waals surface area (Å²) in [6.45, 7) is 0.920. The van der Waals surface area contributed by atoms with Gasteiger partial charge in [-0.25, -0.2) is 0 Å². The average Bonchev–Trinajstić information content (AvgIpc) is 2.52. The molecule has 85 heavy (non-hydrogen) atoms. The molecule has 8 aromatic carbocycles. The lowest BCUT2D eigenvalue weighted by Gasteiger charge is -2.51. The first-order valence-corrected chi connectivity index (χ1v) is 28.6. The van der Waals surface area contributed by atoms with Crippen molar-refractivity contribution in [1.82, 2.24) is 4.90 Å². The number of benzene rings is 8. The third-order valence-corrected chi connectivity index (χ3v) is 15.2. The standard InChI is InChI=1S/C70H69NO14/c1-74-54-34-32-53(33-35-54)45-81-66-65(80-44-52-28-16-7-17-29-52)62(78-42-50-24-12-5-13-25-50)59(46-76-40-48-20-8-3-9-21-48)84-70(66)85-63-60(47-77-41-49-22-10-4-11-23-49)83-69(82-56-38-36-55(75-2)37-39-56)61(64(63)79-43-51-26-14-6-15-27-51)71-67(72)57-30-18-19-31-58(57)68(71)73/h3-39,59-66,69-70H,40-47H2,1-2H3/t59-,60-,61-,62-,63-,64-,65+,66+,69-,70+/m1/s1. The number of imide groups is 1. The van der Waals surface area contributed by atoms with Crippen LogP contribution >= 0.6 is 0 Å². The molecule has 3 aliphatic heterocycles. The molecule has 2 amide bonds. The quantitative estimate of drug-likeness (QED) is 0.0450. The number of nitrogens with zero attached hydrogens (tertiary/aromatic N) is 1. The first-order chi connectivity index (χ1) is 41.9. The smallest absolute Gasteiger partial charge is 0.262 e. The van der Waals surface area contributed by atoms with E-state index in [0.717, 1.165) is 33.4 Å². The summed E-state index contributed by atoms with van der Waals surface area (Å²) < 4.78 is 81.8. The summed E-state index contributed by atoms with van der Waals surface area (Å²) in [4.78, 5) is 31.3. The molecule has 3 heterocycles. The lowest BCUT2D eigenvalue weighted by molar-refractivity contribution is -0.364. The van der Waals surface area contributed by atoms with E-state index in [2.05, 4.69) is 0 Å². The second-order valence-electron chi connectivity index (χ2n) is 20.9. The lowest BCUT2D eigenvalue weighted by Crippen LogP contribution is -2.69. The monoisotopic (exact) mass is 1150 g/mol. The number of carbonyl (C=O) groups excluding carboxylic acids is 2. The van der Waals surface area contributed by atoms with Crippen molar-refractivity contribution in [1.29, 1.82) is 0 Å². The molecule has 0 aromatic heterocycles. The summed E-state index contributed by atoms with van der Waals surface area (Å²) in [5, 5.41) is 0. The van der Waals surface area contributed by atoms with E-state index in [0.29, 0.717) is 17.2 Å². The molecule has 11 rings (SSSR count). The van der Waals surface area contributed by atoms with Gasteiger partial charge in [0.05, 0.1) is 78.2 Å². The Morgan fingerprint density at radius 1 is 0.353 bits per heavy atom. The number of rotatable bonds is 27. The van der Waals surface area contributed by atoms with Gasteiger partial charge in [-0.05, 0) is 81.9 Å². The SMILES string of the molecule is COc1ccc(CO[C@@H]2[C@H](O[C@H]3[C@H](OCc4ccccc4)[C@@H](N4C(=O)c5ccccc5C4=O)[C@H](Oc4ccc(OC)cc4)O[C@@H]3COCc3ccccc3)O[C@H](COCc3ccccc3)[C@@H](OCc3ccccc3)[C@@H]2OCc2ccccc2)cc1. The van der Waals surface area contributed by atoms with Gasteiger partial charge in [0, 0.05) is 0 Å². The van der Waals surface area contributed by atoms with Crippen molar-refractivity contribution in [3.05, 3.63) is 269 Å². The van der Waals surface area contributed by atoms with Gasteiger partial charge in [-0.3, -0.25) is 14.5 Å². The predicted octanol–water partition coefficient (Wildman–Crippen LogP) is 11.4. The van der Waals surface area contributed by atoms with Crippen LogP contribution in [0.5, 0.6) is 17.2 Å². The van der Waals surface area contributed by atoms with Crippen LogP contribution in [0.25, 0.3) is 0 Å². The van der Waals surface area contributed by atoms with E-state index in [9.17, 15) is 0 Å². The summed E-state index contributed by atoms with van der Waals surface area (Å²) in [7, 11) is 3.20. The summed E-state index contributed by atoms with van der Waals surface area (Å²) in [5.74, 6) is 0.544. The van der Waals surface area contributed by atoms with Gasteiger partial charge >= 0.3 is 0 Å². The number of ether oxygens (including phenoxy) is 12. The maximum Gasteiger partial charge on any atom is 0.262 e. The predicted molar refractivity (Wildman–Crippen MR) is 315 cm³/mol. The number of hydrogen-bond donors (Lipinski definition) is 0. The van der Waals surface area contributed by atoms with Crippen LogP contribution in [0.3, 0.4) is 0 Å². The third kappa shape index (κ3) is 14.9. The van der Waals surface area contributed by atoms with Crippen molar-refractivity contribution in [2.45, 2.75) is 101 Å². The van der Waals surface area contributed by atoms with Crippen LogP contribution in [0.1, 0.15) is 54.1 Å². The van der Waals surface area contributed by atoms with E-state index in [1.807, 2.05) is 176 Å². The Labute approximate surface area is 495 Å². The molecule has 0 saturated carbocycles. The Hall–Kier alpha value is -8.06. The fourth-order valence-corrected chi connectivity index (χ4v) is 10.8. The lowest BCUT2D eigenvalue weighted by atomic mass is 9.93. The van der Waals surface area contributed by atoms with Gasteiger partial charge in [0.25, 0.3) is 11.8 Å². The molecule has 0 spiro atoms. The average molecular weight is 1150 g/mol. The Morgan fingerprint density at radius 3 is 1.16 bits per heavy atom. The molecule has 15 nitrogen and oxygen atoms in total. The van der Waals surface area contributed by atoms with Gasteiger partial charge < -0.3 is 56.8 Å². The normalized spacial score (nSPS) is 22.9. The molecule has 15 heteroatoms. The molecule has 438 valence electrons. The van der Waals surface area contributed by atoms with Crippen LogP contribution in [0.2, 0.25) is 0 Å². The van der Waals surface area contributed by atoms with E-state index in [4.69, 9.17) is 56.8 Å². The number of methoxy groups -OCH3 is 2. The van der Waals surface area contributed by atoms with Crippen LogP contribution in [-0.2, 0) is 82.3 Å². The van der Waals surface area contributed by atoms with Crippen molar-refractivity contribution in [3.8, 4) is 17.2 Å². The first-order valence-electron chi connectivity index (χ1n) is 28.6. The molecule has 0 bridgehead atoms. The molecule has 8 aromatic rings. The van der Waals surface area contributed by atoms with Crippen molar-refractivity contribution in [2.24, 2.45) is 0 Å². The molecule has 2 saturated heterocycles. The third-order valence-electron chi connectivity index (χ3n) is 15.2. The van der Waals surface area contributed by atoms with Crippen LogP contribution in [0.15, 0.2) is 224 Å². The zero-order valence-corrected chi connectivity index (χ0v) is 47.5. The van der Waals surface area contributed by atoms with Crippen LogP contribution < -0.4 is 14.2 Å². The minimum absolute atomic E-state index is 0.0228. The largest absolute Gasteiger partial charge is 0.497 e. The van der Waals surface area contributed by atoms with E-state index < -0.39 is 73.2 Å². The van der Waals surface area contributed by atoms with E-state index in [1.165, 1.54) is 4.90 Å². The van der Waals surface area contributed by atoms with Gasteiger partial charge in [0.15, 0.2) is 6.29 Å². The molecule has 3 aliphatic rings. The van der Waals surface area contributed by atoms with E-state index in [-0.39, 0.29) is 64.0 Å². The second-order valence-corrected chi connectivity index (χ2v) is 20.9. The highest BCUT2D eigenvalue weighted by atomic mass is 16.8. The van der Waals surface area contributed by atoms with Gasteiger partial charge in [-0.1, -0.05) is 176 Å². The second kappa shape index (κ2) is 29.2. The molecule has 0 radical (unpaired) electrons. The van der Waals surface area contributed by atoms with Gasteiger partial charge in [0.1, 0.15) is 66.0 Å². The summed E-state index contributed by atoms with van der Waals surface area (Å²) >= 11 is 0. The minimum atomic E-state index is -1.35. The number of amides is 2. The summed E-state index contributed by atoms with van der Waals surface area (Å²) in [6, 6.07) is 69.1. The van der Waals surface area contributed by atoms with Gasteiger partial charge in [0.2, 0.25) is 6.29 Å². The van der Waals surface area contributed by atoms with Crippen molar-refractivity contribution in [3.63, 3.8) is 0 Å². The highest BCUT2D eigenvalue weighted by molar-refractivity contribution is 6.21. The van der Waals surface area contributed by atoms with Crippen molar-refractivity contribution in [2.75, 3.05) is 27.4 Å². The maximum atomic E-state index is 15.1. The van der Waals surface area contributed by atoms with Crippen molar-refractivity contribution >= 4 is 11.8 Å². The van der Waals surface area contributed by atoms with Gasteiger partial charge in [-0.15, -0.1) is 0 Å². The maximum absolute atomic E-state index is 15.1. The van der Waals surface area contributed by atoms with Crippen LogP contribution in [-0.4, -0.2) is 105 Å². The fraction of sp³-hybridized carbons (Fsp3) is 0.286. The molecule has 0 N–H and O–H groups in total. The number of hydrogen-bond acceptors (Lipinski definition) is 14. The van der Waals surface area contributed by atoms with E-state index >= 15 is 9.59 Å². The zero-order chi connectivity index (χ0) is 58.2. The Bertz CT molecular complexity index is 3290. The highest BCUT2D eigenvalue weighted by Gasteiger charge is 2.58. The topological polar surface area (TPSA) is 148 Å². The molecule has 2 fully saturated rings. The molecular formula is C70H69NO14. The van der Waals surface area contributed by atoms with Gasteiger partial charge in [-0.2, -0.15) is 0 Å². The first kappa shape index (κ1) is 58.7. The minimum Gasteiger partial charge on any atom is -0.497 e. The number of fused-ring (bicyclic) bond motifs is 1. The fourth-order valence-electron chi connectivity index (χ4n) is 10.8. The molecule has 10 atom stereocenters. The van der Waals surface area contributed by atoms with Crippen LogP contribution in [0, 0.1) is 0 Å². The number of carbonyl (C=O) groups is 2.